The van der Waals surface area contributed by atoms with E-state index in [1.165, 1.54) is 16.9 Å². The van der Waals surface area contributed by atoms with Gasteiger partial charge < -0.3 is 5.32 Å². The Hall–Kier alpha value is -1.98. The molecule has 0 radical (unpaired) electrons. The highest BCUT2D eigenvalue weighted by Crippen LogP contribution is 2.17. The van der Waals surface area contributed by atoms with Gasteiger partial charge in [-0.05, 0) is 43.3 Å². The van der Waals surface area contributed by atoms with Gasteiger partial charge in [-0.25, -0.2) is 0 Å². The SMILES string of the molecule is CCN(CC)Cc1ccc(CNC(=O)CCC(=O)c2ccc(C)s2)cc1. The van der Waals surface area contributed by atoms with Crippen molar-refractivity contribution in [3.8, 4) is 0 Å². The molecule has 1 amide bonds. The van der Waals surface area contributed by atoms with Crippen molar-refractivity contribution >= 4 is 23.0 Å². The maximum absolute atomic E-state index is 12.0. The third kappa shape index (κ3) is 6.39. The number of hydrogen-bond donors (Lipinski definition) is 1. The molecule has 0 bridgehead atoms. The van der Waals surface area contributed by atoms with Gasteiger partial charge in [-0.2, -0.15) is 0 Å². The van der Waals surface area contributed by atoms with Crippen LogP contribution in [0, 0.1) is 6.92 Å². The van der Waals surface area contributed by atoms with Gasteiger partial charge in [0.05, 0.1) is 4.88 Å². The lowest BCUT2D eigenvalue weighted by Gasteiger charge is -2.18. The summed E-state index contributed by atoms with van der Waals surface area (Å²) >= 11 is 1.48. The largest absolute Gasteiger partial charge is 0.352 e. The molecule has 5 heteroatoms. The van der Waals surface area contributed by atoms with E-state index in [9.17, 15) is 9.59 Å². The second kappa shape index (κ2) is 10.2. The topological polar surface area (TPSA) is 49.4 Å². The zero-order chi connectivity index (χ0) is 18.9. The Labute approximate surface area is 160 Å². The summed E-state index contributed by atoms with van der Waals surface area (Å²) in [6.45, 7) is 9.83. The summed E-state index contributed by atoms with van der Waals surface area (Å²) in [5.74, 6) is -0.0437. The third-order valence-electron chi connectivity index (χ3n) is 4.41. The van der Waals surface area contributed by atoms with E-state index in [0.717, 1.165) is 35.0 Å². The molecule has 26 heavy (non-hydrogen) atoms. The molecule has 0 saturated heterocycles. The minimum Gasteiger partial charge on any atom is -0.352 e. The number of benzene rings is 1. The number of thiophene rings is 1. The van der Waals surface area contributed by atoms with E-state index in [0.29, 0.717) is 6.54 Å². The fourth-order valence-corrected chi connectivity index (χ4v) is 3.53. The zero-order valence-electron chi connectivity index (χ0n) is 15.9. The van der Waals surface area contributed by atoms with Crippen LogP contribution in [-0.4, -0.2) is 29.7 Å². The first-order valence-corrected chi connectivity index (χ1v) is 10.00. The number of amides is 1. The highest BCUT2D eigenvalue weighted by Gasteiger charge is 2.11. The van der Waals surface area contributed by atoms with Crippen LogP contribution in [0.1, 0.15) is 52.4 Å². The van der Waals surface area contributed by atoms with Crippen molar-refractivity contribution in [2.45, 2.75) is 46.7 Å². The molecule has 0 saturated carbocycles. The van der Waals surface area contributed by atoms with Crippen LogP contribution in [0.5, 0.6) is 0 Å². The lowest BCUT2D eigenvalue weighted by Crippen LogP contribution is -2.23. The highest BCUT2D eigenvalue weighted by molar-refractivity contribution is 7.14. The standard InChI is InChI=1S/C21H28N2O2S/c1-4-23(5-2)15-18-9-7-17(8-10-18)14-22-21(25)13-11-19(24)20-12-6-16(3)26-20/h6-10,12H,4-5,11,13-15H2,1-3H3,(H,22,25). The van der Waals surface area contributed by atoms with E-state index in [1.807, 2.05) is 19.1 Å². The molecule has 140 valence electrons. The number of carbonyl (C=O) groups is 2. The van der Waals surface area contributed by atoms with E-state index < -0.39 is 0 Å². The predicted octanol–water partition coefficient (Wildman–Crippen LogP) is 4.18. The molecular weight excluding hydrogens is 344 g/mol. The maximum atomic E-state index is 12.0. The van der Waals surface area contributed by atoms with Gasteiger partial charge >= 0.3 is 0 Å². The minimum absolute atomic E-state index is 0.0407. The van der Waals surface area contributed by atoms with Crippen molar-refractivity contribution in [1.82, 2.24) is 10.2 Å². The second-order valence-electron chi connectivity index (χ2n) is 6.39. The van der Waals surface area contributed by atoms with Crippen LogP contribution < -0.4 is 5.32 Å². The Morgan fingerprint density at radius 1 is 0.962 bits per heavy atom. The van der Waals surface area contributed by atoms with Crippen LogP contribution in [0.4, 0.5) is 0 Å². The highest BCUT2D eigenvalue weighted by atomic mass is 32.1. The van der Waals surface area contributed by atoms with E-state index in [2.05, 4.69) is 48.3 Å². The Balaban J connectivity index is 1.74. The Morgan fingerprint density at radius 2 is 1.62 bits per heavy atom. The zero-order valence-corrected chi connectivity index (χ0v) is 16.7. The molecule has 1 aromatic heterocycles. The molecule has 0 atom stereocenters. The van der Waals surface area contributed by atoms with Gasteiger partial charge in [-0.3, -0.25) is 14.5 Å². The Kier molecular flexibility index (Phi) is 8.01. The molecule has 0 aliphatic carbocycles. The number of hydrogen-bond acceptors (Lipinski definition) is 4. The molecule has 2 rings (SSSR count). The smallest absolute Gasteiger partial charge is 0.220 e. The monoisotopic (exact) mass is 372 g/mol. The summed E-state index contributed by atoms with van der Waals surface area (Å²) < 4.78 is 0. The Morgan fingerprint density at radius 3 is 2.19 bits per heavy atom. The number of nitrogens with one attached hydrogen (secondary N) is 1. The van der Waals surface area contributed by atoms with Gasteiger partial charge in [0.1, 0.15) is 0 Å². The molecule has 1 aromatic carbocycles. The molecule has 0 spiro atoms. The van der Waals surface area contributed by atoms with Crippen LogP contribution in [0.3, 0.4) is 0 Å². The van der Waals surface area contributed by atoms with Gasteiger partial charge in [0.25, 0.3) is 0 Å². The average Bonchev–Trinajstić information content (AvgIpc) is 3.09. The van der Waals surface area contributed by atoms with E-state index in [1.54, 1.807) is 0 Å². The molecule has 1 N–H and O–H groups in total. The van der Waals surface area contributed by atoms with Crippen LogP contribution >= 0.6 is 11.3 Å². The number of Topliss-reactive ketones (excluding diaryl/α,β-unsaturated/α-hetero) is 1. The van der Waals surface area contributed by atoms with E-state index in [-0.39, 0.29) is 24.5 Å². The molecule has 4 nitrogen and oxygen atoms in total. The summed E-state index contributed by atoms with van der Waals surface area (Å²) in [5.41, 5.74) is 2.35. The number of ketones is 1. The van der Waals surface area contributed by atoms with Gasteiger partial charge in [-0.15, -0.1) is 11.3 Å². The number of carbonyl (C=O) groups excluding carboxylic acids is 2. The van der Waals surface area contributed by atoms with Crippen molar-refractivity contribution in [3.05, 3.63) is 57.3 Å². The van der Waals surface area contributed by atoms with Crippen molar-refractivity contribution in [1.29, 1.82) is 0 Å². The first-order valence-electron chi connectivity index (χ1n) is 9.18. The van der Waals surface area contributed by atoms with Gasteiger partial charge in [0, 0.05) is 30.8 Å². The van der Waals surface area contributed by atoms with E-state index in [4.69, 9.17) is 0 Å². The molecule has 1 heterocycles. The Bertz CT molecular complexity index is 718. The maximum Gasteiger partial charge on any atom is 0.220 e. The first kappa shape index (κ1) is 20.3. The van der Waals surface area contributed by atoms with Gasteiger partial charge in [-0.1, -0.05) is 38.1 Å². The lowest BCUT2D eigenvalue weighted by molar-refractivity contribution is -0.121. The van der Waals surface area contributed by atoms with Crippen molar-refractivity contribution in [2.75, 3.05) is 13.1 Å². The summed E-state index contributed by atoms with van der Waals surface area (Å²) in [6, 6.07) is 12.1. The number of aryl methyl sites for hydroxylation is 1. The van der Waals surface area contributed by atoms with Crippen LogP contribution in [0.25, 0.3) is 0 Å². The first-order chi connectivity index (χ1) is 12.5. The molecule has 0 aliphatic rings. The van der Waals surface area contributed by atoms with Gasteiger partial charge in [0.15, 0.2) is 5.78 Å². The summed E-state index contributed by atoms with van der Waals surface area (Å²) in [6.07, 6.45) is 0.490. The van der Waals surface area contributed by atoms with Crippen LogP contribution in [0.2, 0.25) is 0 Å². The third-order valence-corrected chi connectivity index (χ3v) is 5.45. The minimum atomic E-state index is -0.0844. The van der Waals surface area contributed by atoms with Crippen molar-refractivity contribution < 1.29 is 9.59 Å². The number of rotatable bonds is 10. The molecular formula is C21H28N2O2S. The van der Waals surface area contributed by atoms with E-state index >= 15 is 0 Å². The second-order valence-corrected chi connectivity index (χ2v) is 7.68. The molecule has 0 unspecified atom stereocenters. The molecule has 0 fully saturated rings. The fourth-order valence-electron chi connectivity index (χ4n) is 2.69. The summed E-state index contributed by atoms with van der Waals surface area (Å²) in [7, 11) is 0. The average molecular weight is 373 g/mol. The number of nitrogens with zero attached hydrogens (tertiary/aromatic N) is 1. The van der Waals surface area contributed by atoms with Crippen molar-refractivity contribution in [2.24, 2.45) is 0 Å². The van der Waals surface area contributed by atoms with Crippen LogP contribution in [-0.2, 0) is 17.9 Å². The van der Waals surface area contributed by atoms with Crippen molar-refractivity contribution in [3.63, 3.8) is 0 Å². The molecule has 0 aliphatic heterocycles. The predicted molar refractivity (Wildman–Crippen MR) is 108 cm³/mol. The summed E-state index contributed by atoms with van der Waals surface area (Å²) in [5, 5.41) is 2.90. The van der Waals surface area contributed by atoms with Crippen LogP contribution in [0.15, 0.2) is 36.4 Å². The lowest BCUT2D eigenvalue weighted by atomic mass is 10.1. The van der Waals surface area contributed by atoms with Gasteiger partial charge in [0.2, 0.25) is 5.91 Å². The summed E-state index contributed by atoms with van der Waals surface area (Å²) in [4.78, 5) is 28.2. The normalized spacial score (nSPS) is 10.9. The quantitative estimate of drug-likeness (QED) is 0.637. The molecule has 2 aromatic rings. The fraction of sp³-hybridized carbons (Fsp3) is 0.429.